The van der Waals surface area contributed by atoms with E-state index < -0.39 is 9.84 Å². The Morgan fingerprint density at radius 1 is 1.29 bits per heavy atom. The van der Waals surface area contributed by atoms with E-state index in [0.717, 1.165) is 5.52 Å². The predicted octanol–water partition coefficient (Wildman–Crippen LogP) is 0.406. The summed E-state index contributed by atoms with van der Waals surface area (Å²) in [5.41, 5.74) is 7.32. The summed E-state index contributed by atoms with van der Waals surface area (Å²) in [6, 6.07) is 5.19. The second kappa shape index (κ2) is 5.03. The Hall–Kier alpha value is -2.09. The van der Waals surface area contributed by atoms with E-state index in [4.69, 9.17) is 5.73 Å². The highest BCUT2D eigenvalue weighted by Crippen LogP contribution is 2.21. The zero-order valence-corrected chi connectivity index (χ0v) is 12.2. The number of hydrogen-bond acceptors (Lipinski definition) is 5. The second-order valence-corrected chi connectivity index (χ2v) is 7.48. The summed E-state index contributed by atoms with van der Waals surface area (Å²) < 4.78 is 23.2. The molecule has 0 spiro atoms. The highest BCUT2D eigenvalue weighted by molar-refractivity contribution is 7.91. The van der Waals surface area contributed by atoms with Crippen LogP contribution in [0, 0.1) is 0 Å². The third-order valence-corrected chi connectivity index (χ3v) is 5.35. The highest BCUT2D eigenvalue weighted by atomic mass is 32.2. The molecule has 1 aliphatic heterocycles. The average molecular weight is 308 g/mol. The summed E-state index contributed by atoms with van der Waals surface area (Å²) in [7, 11) is -3.05. The standard InChI is InChI=1S/C13H16N4O3S/c14-9-2-3-11-10(8-9)12(16-15-11)13(18)17-4-1-6-21(19,20)7-5-17/h2-3,8H,1,4-7,14H2,(H,15,16). The maximum atomic E-state index is 12.6. The van der Waals surface area contributed by atoms with E-state index in [1.165, 1.54) is 0 Å². The number of H-pyrrole nitrogens is 1. The lowest BCUT2D eigenvalue weighted by molar-refractivity contribution is 0.0764. The number of fused-ring (bicyclic) bond motifs is 1. The molecule has 1 amide bonds. The van der Waals surface area contributed by atoms with Crippen molar-refractivity contribution in [3.63, 3.8) is 0 Å². The molecule has 0 unspecified atom stereocenters. The van der Waals surface area contributed by atoms with Crippen LogP contribution in [0.4, 0.5) is 5.69 Å². The summed E-state index contributed by atoms with van der Waals surface area (Å²) in [6.07, 6.45) is 0.457. The largest absolute Gasteiger partial charge is 0.399 e. The summed E-state index contributed by atoms with van der Waals surface area (Å²) in [6.45, 7) is 0.632. The van der Waals surface area contributed by atoms with Gasteiger partial charge in [0, 0.05) is 24.2 Å². The minimum Gasteiger partial charge on any atom is -0.399 e. The first-order valence-electron chi connectivity index (χ1n) is 6.69. The van der Waals surface area contributed by atoms with Gasteiger partial charge in [-0.1, -0.05) is 0 Å². The summed E-state index contributed by atoms with van der Waals surface area (Å²) >= 11 is 0. The van der Waals surface area contributed by atoms with Crippen molar-refractivity contribution >= 4 is 32.3 Å². The number of nitrogens with two attached hydrogens (primary N) is 1. The Morgan fingerprint density at radius 3 is 2.90 bits per heavy atom. The number of nitrogens with one attached hydrogen (secondary N) is 1. The van der Waals surface area contributed by atoms with E-state index in [9.17, 15) is 13.2 Å². The molecular weight excluding hydrogens is 292 g/mol. The molecule has 1 aromatic carbocycles. The second-order valence-electron chi connectivity index (χ2n) is 5.17. The zero-order chi connectivity index (χ0) is 15.0. The number of carbonyl (C=O) groups excluding carboxylic acids is 1. The van der Waals surface area contributed by atoms with Gasteiger partial charge in [-0.15, -0.1) is 0 Å². The van der Waals surface area contributed by atoms with Gasteiger partial charge in [0.25, 0.3) is 5.91 Å². The van der Waals surface area contributed by atoms with Gasteiger partial charge in [-0.3, -0.25) is 9.89 Å². The van der Waals surface area contributed by atoms with Crippen LogP contribution in [0.1, 0.15) is 16.9 Å². The van der Waals surface area contributed by atoms with Crippen LogP contribution >= 0.6 is 0 Å². The number of sulfone groups is 1. The van der Waals surface area contributed by atoms with Crippen molar-refractivity contribution in [2.45, 2.75) is 6.42 Å². The number of aromatic nitrogens is 2. The molecule has 112 valence electrons. The molecule has 3 N–H and O–H groups in total. The van der Waals surface area contributed by atoms with Crippen LogP contribution in [0.2, 0.25) is 0 Å². The third-order valence-electron chi connectivity index (χ3n) is 3.63. The summed E-state index contributed by atoms with van der Waals surface area (Å²) in [5.74, 6) is -0.127. The number of rotatable bonds is 1. The molecule has 2 heterocycles. The van der Waals surface area contributed by atoms with Gasteiger partial charge in [-0.2, -0.15) is 5.10 Å². The first-order valence-corrected chi connectivity index (χ1v) is 8.52. The maximum Gasteiger partial charge on any atom is 0.275 e. The zero-order valence-electron chi connectivity index (χ0n) is 11.4. The average Bonchev–Trinajstić information content (AvgIpc) is 2.75. The summed E-state index contributed by atoms with van der Waals surface area (Å²) in [4.78, 5) is 14.1. The molecule has 1 aromatic heterocycles. The molecule has 0 saturated carbocycles. The molecule has 7 nitrogen and oxygen atoms in total. The Kier molecular flexibility index (Phi) is 3.32. The van der Waals surface area contributed by atoms with Crippen molar-refractivity contribution in [3.8, 4) is 0 Å². The Labute approximate surface area is 122 Å². The van der Waals surface area contributed by atoms with Gasteiger partial charge in [0.05, 0.1) is 17.0 Å². The van der Waals surface area contributed by atoms with E-state index in [-0.39, 0.29) is 29.7 Å². The minimum atomic E-state index is -3.05. The van der Waals surface area contributed by atoms with Crippen LogP contribution in [0.5, 0.6) is 0 Å². The minimum absolute atomic E-state index is 0.00321. The third kappa shape index (κ3) is 2.71. The molecule has 0 aliphatic carbocycles. The van der Waals surface area contributed by atoms with E-state index in [1.807, 2.05) is 0 Å². The fourth-order valence-electron chi connectivity index (χ4n) is 2.49. The molecule has 0 atom stereocenters. The Balaban J connectivity index is 1.91. The van der Waals surface area contributed by atoms with Crippen molar-refractivity contribution < 1.29 is 13.2 Å². The van der Waals surface area contributed by atoms with Gasteiger partial charge < -0.3 is 10.6 Å². The molecular formula is C13H16N4O3S. The molecule has 21 heavy (non-hydrogen) atoms. The SMILES string of the molecule is Nc1ccc2[nH]nc(C(=O)N3CCCS(=O)(=O)CC3)c2c1. The van der Waals surface area contributed by atoms with Crippen molar-refractivity contribution in [1.82, 2.24) is 15.1 Å². The van der Waals surface area contributed by atoms with Gasteiger partial charge in [0.2, 0.25) is 0 Å². The van der Waals surface area contributed by atoms with Crippen LogP contribution in [0.3, 0.4) is 0 Å². The molecule has 3 rings (SSSR count). The van der Waals surface area contributed by atoms with Gasteiger partial charge in [-0.25, -0.2) is 8.42 Å². The quantitative estimate of drug-likeness (QED) is 0.741. The lowest BCUT2D eigenvalue weighted by Crippen LogP contribution is -2.34. The van der Waals surface area contributed by atoms with Crippen molar-refractivity contribution in [3.05, 3.63) is 23.9 Å². The molecule has 2 aromatic rings. The van der Waals surface area contributed by atoms with Crippen molar-refractivity contribution in [2.75, 3.05) is 30.3 Å². The lowest BCUT2D eigenvalue weighted by Gasteiger charge is -2.18. The number of carbonyl (C=O) groups is 1. The summed E-state index contributed by atoms with van der Waals surface area (Å²) in [5, 5.41) is 7.51. The van der Waals surface area contributed by atoms with E-state index in [0.29, 0.717) is 24.0 Å². The molecule has 1 fully saturated rings. The number of anilines is 1. The van der Waals surface area contributed by atoms with E-state index in [2.05, 4.69) is 10.2 Å². The van der Waals surface area contributed by atoms with Gasteiger partial charge in [0.1, 0.15) is 0 Å². The van der Waals surface area contributed by atoms with Gasteiger partial charge in [-0.05, 0) is 24.6 Å². The first-order chi connectivity index (χ1) is 9.96. The van der Waals surface area contributed by atoms with Crippen molar-refractivity contribution in [1.29, 1.82) is 0 Å². The van der Waals surface area contributed by atoms with Crippen LogP contribution < -0.4 is 5.73 Å². The van der Waals surface area contributed by atoms with Gasteiger partial charge >= 0.3 is 0 Å². The van der Waals surface area contributed by atoms with Crippen LogP contribution in [0.25, 0.3) is 10.9 Å². The number of benzene rings is 1. The smallest absolute Gasteiger partial charge is 0.275 e. The van der Waals surface area contributed by atoms with E-state index >= 15 is 0 Å². The first kappa shape index (κ1) is 13.9. The molecule has 8 heteroatoms. The van der Waals surface area contributed by atoms with Crippen molar-refractivity contribution in [2.24, 2.45) is 0 Å². The number of nitrogens with zero attached hydrogens (tertiary/aromatic N) is 2. The Bertz CT molecular complexity index is 797. The van der Waals surface area contributed by atoms with Crippen LogP contribution in [-0.4, -0.2) is 54.0 Å². The molecule has 0 bridgehead atoms. The topological polar surface area (TPSA) is 109 Å². The maximum absolute atomic E-state index is 12.6. The number of nitrogen functional groups attached to an aromatic ring is 1. The Morgan fingerprint density at radius 2 is 2.10 bits per heavy atom. The predicted molar refractivity (Wildman–Crippen MR) is 79.7 cm³/mol. The lowest BCUT2D eigenvalue weighted by atomic mass is 10.1. The fraction of sp³-hybridized carbons (Fsp3) is 0.385. The highest BCUT2D eigenvalue weighted by Gasteiger charge is 2.25. The number of amides is 1. The fourth-order valence-corrected chi connectivity index (χ4v) is 3.76. The normalized spacial score (nSPS) is 18.6. The van der Waals surface area contributed by atoms with Gasteiger partial charge in [0.15, 0.2) is 15.5 Å². The monoisotopic (exact) mass is 308 g/mol. The van der Waals surface area contributed by atoms with Crippen LogP contribution in [0.15, 0.2) is 18.2 Å². The molecule has 1 saturated heterocycles. The molecule has 1 aliphatic rings. The molecule has 0 radical (unpaired) electrons. The van der Waals surface area contributed by atoms with Crippen LogP contribution in [-0.2, 0) is 9.84 Å². The number of aromatic amines is 1. The van der Waals surface area contributed by atoms with E-state index in [1.54, 1.807) is 23.1 Å². The number of hydrogen-bond donors (Lipinski definition) is 2.